The van der Waals surface area contributed by atoms with E-state index in [4.69, 9.17) is 18.8 Å². The van der Waals surface area contributed by atoms with Gasteiger partial charge in [0.2, 0.25) is 5.89 Å². The molecule has 3 aromatic heterocycles. The highest BCUT2D eigenvalue weighted by atomic mass is 16.5. The molecule has 0 radical (unpaired) electrons. The largest absolute Gasteiger partial charge is 0.497 e. The van der Waals surface area contributed by atoms with Crippen LogP contribution in [0.5, 0.6) is 5.75 Å². The first kappa shape index (κ1) is 29.5. The zero-order valence-corrected chi connectivity index (χ0v) is 25.2. The first-order valence-electron chi connectivity index (χ1n) is 14.7. The van der Waals surface area contributed by atoms with Crippen LogP contribution in [0.2, 0.25) is 0 Å². The Balaban J connectivity index is 1.25. The molecule has 11 nitrogen and oxygen atoms in total. The number of methoxy groups -OCH3 is 1. The van der Waals surface area contributed by atoms with Crippen LogP contribution in [-0.2, 0) is 25.8 Å². The van der Waals surface area contributed by atoms with E-state index in [1.807, 2.05) is 79.7 Å². The Labute approximate surface area is 258 Å². The van der Waals surface area contributed by atoms with E-state index in [0.29, 0.717) is 48.2 Å². The second kappa shape index (κ2) is 13.0. The molecule has 228 valence electrons. The number of nitrogens with zero attached hydrogens (tertiary/aromatic N) is 5. The fraction of sp³-hybridized carbons (Fsp3) is 0.235. The summed E-state index contributed by atoms with van der Waals surface area (Å²) < 4.78 is 17.2. The van der Waals surface area contributed by atoms with Crippen molar-refractivity contribution in [3.63, 3.8) is 0 Å². The molecule has 0 aliphatic carbocycles. The van der Waals surface area contributed by atoms with Gasteiger partial charge in [-0.1, -0.05) is 77.9 Å². The number of hydrogen-bond acceptors (Lipinski definition) is 9. The number of aryl methyl sites for hydroxylation is 2. The summed E-state index contributed by atoms with van der Waals surface area (Å²) in [4.78, 5) is 37.5. The Bertz CT molecular complexity index is 2040. The minimum atomic E-state index is -0.609. The van der Waals surface area contributed by atoms with Gasteiger partial charge in [0, 0.05) is 29.7 Å². The SMILES string of the molecule is CCCc1nc(C)c(Cc2nc(Cc3ccc(OC)cc3)no2)c(=O)n1Cc1ccc(-c2ccccc2-c2noc(=O)[nH]2)cc1. The van der Waals surface area contributed by atoms with E-state index in [1.165, 1.54) is 0 Å². The number of nitrogens with one attached hydrogen (secondary N) is 1. The molecule has 11 heteroatoms. The van der Waals surface area contributed by atoms with Crippen LogP contribution in [0.25, 0.3) is 22.5 Å². The van der Waals surface area contributed by atoms with Crippen molar-refractivity contribution in [3.05, 3.63) is 134 Å². The summed E-state index contributed by atoms with van der Waals surface area (Å²) in [6, 6.07) is 23.3. The minimum Gasteiger partial charge on any atom is -0.497 e. The van der Waals surface area contributed by atoms with Crippen LogP contribution in [0.15, 0.2) is 91.4 Å². The van der Waals surface area contributed by atoms with Gasteiger partial charge >= 0.3 is 5.76 Å². The van der Waals surface area contributed by atoms with Crippen molar-refractivity contribution in [1.82, 2.24) is 29.8 Å². The summed E-state index contributed by atoms with van der Waals surface area (Å²) in [7, 11) is 1.63. The van der Waals surface area contributed by atoms with Gasteiger partial charge in [-0.15, -0.1) is 0 Å². The standard InChI is InChI=1S/C34H32N6O5/c1-4-7-30-35-21(2)28(19-31-36-29(38-44-31)18-22-12-16-25(43-3)17-13-22)33(41)40(30)20-23-10-14-24(15-11-23)26-8-5-6-9-27(26)32-37-34(42)45-39-32/h5-6,8-17H,4,7,18-20H2,1-3H3,(H,37,39,42). The number of benzene rings is 3. The molecule has 0 saturated carbocycles. The average molecular weight is 605 g/mol. The van der Waals surface area contributed by atoms with Crippen LogP contribution in [0.4, 0.5) is 0 Å². The number of aromatic amines is 1. The Morgan fingerprint density at radius 1 is 0.844 bits per heavy atom. The lowest BCUT2D eigenvalue weighted by atomic mass is 9.98. The summed E-state index contributed by atoms with van der Waals surface area (Å²) in [5.74, 6) is 2.18. The summed E-state index contributed by atoms with van der Waals surface area (Å²) in [6.07, 6.45) is 2.22. The van der Waals surface area contributed by atoms with Gasteiger partial charge < -0.3 is 9.26 Å². The predicted molar refractivity (Wildman–Crippen MR) is 167 cm³/mol. The maximum Gasteiger partial charge on any atom is 0.439 e. The smallest absolute Gasteiger partial charge is 0.439 e. The molecule has 6 aromatic rings. The molecule has 0 unspecified atom stereocenters. The average Bonchev–Trinajstić information content (AvgIpc) is 3.70. The summed E-state index contributed by atoms with van der Waals surface area (Å²) in [6.45, 7) is 4.28. The number of rotatable bonds is 11. The Morgan fingerprint density at radius 3 is 2.27 bits per heavy atom. The van der Waals surface area contributed by atoms with Crippen molar-refractivity contribution < 1.29 is 13.8 Å². The number of aromatic nitrogens is 6. The third-order valence-electron chi connectivity index (χ3n) is 7.61. The van der Waals surface area contributed by atoms with Gasteiger partial charge in [0.25, 0.3) is 5.56 Å². The quantitative estimate of drug-likeness (QED) is 0.213. The van der Waals surface area contributed by atoms with E-state index in [0.717, 1.165) is 45.8 Å². The molecule has 0 aliphatic rings. The fourth-order valence-electron chi connectivity index (χ4n) is 5.31. The van der Waals surface area contributed by atoms with Crippen LogP contribution in [0, 0.1) is 6.92 Å². The van der Waals surface area contributed by atoms with Gasteiger partial charge in [-0.3, -0.25) is 18.9 Å². The van der Waals surface area contributed by atoms with Crippen molar-refractivity contribution in [2.45, 2.75) is 46.1 Å². The molecule has 3 heterocycles. The molecule has 0 saturated heterocycles. The van der Waals surface area contributed by atoms with Gasteiger partial charge in [0.05, 0.1) is 20.1 Å². The second-order valence-corrected chi connectivity index (χ2v) is 10.7. The number of hydrogen-bond donors (Lipinski definition) is 1. The molecule has 3 aromatic carbocycles. The van der Waals surface area contributed by atoms with Crippen LogP contribution in [0.1, 0.15) is 53.3 Å². The van der Waals surface area contributed by atoms with Gasteiger partial charge in [-0.25, -0.2) is 9.78 Å². The van der Waals surface area contributed by atoms with Crippen LogP contribution >= 0.6 is 0 Å². The predicted octanol–water partition coefficient (Wildman–Crippen LogP) is 5.14. The van der Waals surface area contributed by atoms with Crippen LogP contribution < -0.4 is 16.1 Å². The van der Waals surface area contributed by atoms with Crippen molar-refractivity contribution in [3.8, 4) is 28.3 Å². The normalized spacial score (nSPS) is 11.2. The van der Waals surface area contributed by atoms with Crippen LogP contribution in [0.3, 0.4) is 0 Å². The third kappa shape index (κ3) is 6.52. The number of H-pyrrole nitrogens is 1. The molecular weight excluding hydrogens is 572 g/mol. The molecule has 0 spiro atoms. The molecule has 0 atom stereocenters. The summed E-state index contributed by atoms with van der Waals surface area (Å²) in [5, 5.41) is 7.98. The molecule has 0 bridgehead atoms. The van der Waals surface area contributed by atoms with Crippen molar-refractivity contribution in [2.75, 3.05) is 7.11 Å². The fourth-order valence-corrected chi connectivity index (χ4v) is 5.31. The molecule has 0 amide bonds. The molecule has 6 rings (SSSR count). The lowest BCUT2D eigenvalue weighted by Crippen LogP contribution is -2.30. The zero-order chi connectivity index (χ0) is 31.3. The van der Waals surface area contributed by atoms with Gasteiger partial charge in [0.1, 0.15) is 11.6 Å². The second-order valence-electron chi connectivity index (χ2n) is 10.7. The number of ether oxygens (including phenoxy) is 1. The minimum absolute atomic E-state index is 0.120. The van der Waals surface area contributed by atoms with Crippen molar-refractivity contribution in [2.24, 2.45) is 0 Å². The highest BCUT2D eigenvalue weighted by molar-refractivity contribution is 5.80. The molecule has 1 N–H and O–H groups in total. The molecular formula is C34H32N6O5. The highest BCUT2D eigenvalue weighted by Crippen LogP contribution is 2.30. The first-order valence-corrected chi connectivity index (χ1v) is 14.7. The molecule has 0 aliphatic heterocycles. The Morgan fingerprint density at radius 2 is 1.58 bits per heavy atom. The van der Waals surface area contributed by atoms with E-state index in [-0.39, 0.29) is 12.0 Å². The Hall–Kier alpha value is -5.58. The Kier molecular flexibility index (Phi) is 8.50. The first-order chi connectivity index (χ1) is 21.9. The van der Waals surface area contributed by atoms with Crippen molar-refractivity contribution in [1.29, 1.82) is 0 Å². The van der Waals surface area contributed by atoms with Gasteiger partial charge in [-0.2, -0.15) is 4.98 Å². The van der Waals surface area contributed by atoms with E-state index in [2.05, 4.69) is 27.2 Å². The molecule has 45 heavy (non-hydrogen) atoms. The van der Waals surface area contributed by atoms with Crippen LogP contribution in [-0.4, -0.2) is 36.9 Å². The summed E-state index contributed by atoms with van der Waals surface area (Å²) >= 11 is 0. The monoisotopic (exact) mass is 604 g/mol. The van der Waals surface area contributed by atoms with E-state index < -0.39 is 5.76 Å². The lowest BCUT2D eigenvalue weighted by Gasteiger charge is -2.16. The highest BCUT2D eigenvalue weighted by Gasteiger charge is 2.18. The lowest BCUT2D eigenvalue weighted by molar-refractivity contribution is 0.379. The maximum atomic E-state index is 13.9. The van der Waals surface area contributed by atoms with E-state index in [9.17, 15) is 9.59 Å². The van der Waals surface area contributed by atoms with Crippen molar-refractivity contribution >= 4 is 0 Å². The third-order valence-corrected chi connectivity index (χ3v) is 7.61. The topological polar surface area (TPSA) is 142 Å². The van der Waals surface area contributed by atoms with E-state index >= 15 is 0 Å². The van der Waals surface area contributed by atoms with E-state index in [1.54, 1.807) is 11.7 Å². The van der Waals surface area contributed by atoms with Gasteiger partial charge in [0.15, 0.2) is 11.6 Å². The van der Waals surface area contributed by atoms with Gasteiger partial charge in [-0.05, 0) is 47.7 Å². The molecule has 0 fully saturated rings. The zero-order valence-electron chi connectivity index (χ0n) is 25.2. The summed E-state index contributed by atoms with van der Waals surface area (Å²) in [5.41, 5.74) is 5.61. The maximum absolute atomic E-state index is 13.9.